The Morgan fingerprint density at radius 2 is 2.20 bits per heavy atom. The lowest BCUT2D eigenvalue weighted by Crippen LogP contribution is -2.36. The normalized spacial score (nSPS) is 26.1. The van der Waals surface area contributed by atoms with E-state index in [0.29, 0.717) is 31.3 Å². The van der Waals surface area contributed by atoms with Crippen LogP contribution in [0.2, 0.25) is 0 Å². The summed E-state index contributed by atoms with van der Waals surface area (Å²) in [7, 11) is 1.90. The first-order chi connectivity index (χ1) is 7.15. The molecule has 1 N–H and O–H groups in total. The summed E-state index contributed by atoms with van der Waals surface area (Å²) in [5, 5.41) is 3.15. The zero-order chi connectivity index (χ0) is 11.3. The van der Waals surface area contributed by atoms with E-state index >= 15 is 0 Å². The fourth-order valence-corrected chi connectivity index (χ4v) is 2.03. The van der Waals surface area contributed by atoms with Gasteiger partial charge in [-0.15, -0.1) is 0 Å². The van der Waals surface area contributed by atoms with Gasteiger partial charge in [0.25, 0.3) is 0 Å². The first-order valence-electron chi connectivity index (χ1n) is 5.93. The molecule has 0 radical (unpaired) electrons. The average Bonchev–Trinajstić information content (AvgIpc) is 2.64. The van der Waals surface area contributed by atoms with Gasteiger partial charge in [-0.1, -0.05) is 20.3 Å². The summed E-state index contributed by atoms with van der Waals surface area (Å²) >= 11 is 0. The number of ketones is 1. The van der Waals surface area contributed by atoms with Gasteiger partial charge in [0.2, 0.25) is 0 Å². The van der Waals surface area contributed by atoms with Gasteiger partial charge in [0, 0.05) is 12.5 Å². The number of hydrogen-bond acceptors (Lipinski definition) is 3. The Bertz CT molecular complexity index is 204. The van der Waals surface area contributed by atoms with Crippen molar-refractivity contribution in [3.63, 3.8) is 0 Å². The molecule has 1 heterocycles. The molecule has 0 amide bonds. The van der Waals surface area contributed by atoms with Crippen LogP contribution >= 0.6 is 0 Å². The summed E-state index contributed by atoms with van der Waals surface area (Å²) in [6.45, 7) is 5.67. The van der Waals surface area contributed by atoms with E-state index in [1.165, 1.54) is 0 Å². The number of carbonyl (C=O) groups is 1. The van der Waals surface area contributed by atoms with Crippen molar-refractivity contribution in [1.29, 1.82) is 0 Å². The van der Waals surface area contributed by atoms with Crippen molar-refractivity contribution in [1.82, 2.24) is 5.32 Å². The first-order valence-corrected chi connectivity index (χ1v) is 5.93. The molecule has 2 unspecified atom stereocenters. The van der Waals surface area contributed by atoms with Gasteiger partial charge in [0.1, 0.15) is 5.78 Å². The van der Waals surface area contributed by atoms with Gasteiger partial charge in [0.05, 0.1) is 19.1 Å². The van der Waals surface area contributed by atoms with E-state index in [1.807, 2.05) is 7.05 Å². The molecule has 1 aliphatic rings. The van der Waals surface area contributed by atoms with Crippen molar-refractivity contribution in [3.8, 4) is 0 Å². The standard InChI is InChI=1S/C12H23NO2/c1-9(2)5-4-6-12(14)10-7-15-8-11(10)13-3/h9-11,13H,4-8H2,1-3H3. The highest BCUT2D eigenvalue weighted by Crippen LogP contribution is 2.18. The molecule has 0 aromatic heterocycles. The largest absolute Gasteiger partial charge is 0.379 e. The van der Waals surface area contributed by atoms with Crippen molar-refractivity contribution in [2.75, 3.05) is 20.3 Å². The monoisotopic (exact) mass is 213 g/mol. The Hall–Kier alpha value is -0.410. The van der Waals surface area contributed by atoms with Crippen molar-refractivity contribution in [2.24, 2.45) is 11.8 Å². The lowest BCUT2D eigenvalue weighted by molar-refractivity contribution is -0.123. The highest BCUT2D eigenvalue weighted by molar-refractivity contribution is 5.82. The molecule has 1 aliphatic heterocycles. The third-order valence-electron chi connectivity index (χ3n) is 3.07. The molecule has 0 aliphatic carbocycles. The summed E-state index contributed by atoms with van der Waals surface area (Å²) in [4.78, 5) is 11.9. The number of likely N-dealkylation sites (N-methyl/N-ethyl adjacent to an activating group) is 1. The maximum atomic E-state index is 11.9. The van der Waals surface area contributed by atoms with E-state index < -0.39 is 0 Å². The molecule has 0 saturated carbocycles. The number of ether oxygens (including phenoxy) is 1. The van der Waals surface area contributed by atoms with E-state index in [9.17, 15) is 4.79 Å². The Morgan fingerprint density at radius 3 is 2.80 bits per heavy atom. The molecule has 0 bridgehead atoms. The Kier molecular flexibility index (Phi) is 5.26. The SMILES string of the molecule is CNC1COCC1C(=O)CCCC(C)C. The van der Waals surface area contributed by atoms with Crippen LogP contribution in [-0.4, -0.2) is 32.1 Å². The number of Topliss-reactive ketones (excluding diaryl/α,β-unsaturated/α-hetero) is 1. The number of rotatable bonds is 6. The molecule has 0 aromatic rings. The minimum absolute atomic E-state index is 0.0853. The van der Waals surface area contributed by atoms with E-state index in [2.05, 4.69) is 19.2 Å². The lowest BCUT2D eigenvalue weighted by atomic mass is 9.94. The van der Waals surface area contributed by atoms with Crippen molar-refractivity contribution < 1.29 is 9.53 Å². The minimum Gasteiger partial charge on any atom is -0.379 e. The molecule has 2 atom stereocenters. The molecular formula is C12H23NO2. The molecule has 1 fully saturated rings. The van der Waals surface area contributed by atoms with Crippen LogP contribution in [0, 0.1) is 11.8 Å². The number of nitrogens with one attached hydrogen (secondary N) is 1. The topological polar surface area (TPSA) is 38.3 Å². The van der Waals surface area contributed by atoms with Crippen LogP contribution < -0.4 is 5.32 Å². The van der Waals surface area contributed by atoms with Crippen molar-refractivity contribution in [3.05, 3.63) is 0 Å². The van der Waals surface area contributed by atoms with Crippen molar-refractivity contribution >= 4 is 5.78 Å². The van der Waals surface area contributed by atoms with Gasteiger partial charge in [-0.2, -0.15) is 0 Å². The van der Waals surface area contributed by atoms with Crippen LogP contribution in [0.15, 0.2) is 0 Å². The zero-order valence-electron chi connectivity index (χ0n) is 10.1. The molecule has 3 heteroatoms. The van der Waals surface area contributed by atoms with Crippen LogP contribution in [-0.2, 0) is 9.53 Å². The highest BCUT2D eigenvalue weighted by Gasteiger charge is 2.31. The summed E-state index contributed by atoms with van der Waals surface area (Å²) in [6, 6.07) is 0.233. The molecule has 1 rings (SSSR count). The maximum Gasteiger partial charge on any atom is 0.139 e. The van der Waals surface area contributed by atoms with E-state index in [4.69, 9.17) is 4.74 Å². The van der Waals surface area contributed by atoms with Crippen LogP contribution in [0.25, 0.3) is 0 Å². The van der Waals surface area contributed by atoms with Crippen LogP contribution in [0.4, 0.5) is 0 Å². The second kappa shape index (κ2) is 6.23. The molecule has 15 heavy (non-hydrogen) atoms. The van der Waals surface area contributed by atoms with Crippen LogP contribution in [0.5, 0.6) is 0 Å². The van der Waals surface area contributed by atoms with Crippen molar-refractivity contribution in [2.45, 2.75) is 39.2 Å². The first kappa shape index (κ1) is 12.7. The molecular weight excluding hydrogens is 190 g/mol. The predicted molar refractivity (Wildman–Crippen MR) is 60.9 cm³/mol. The summed E-state index contributed by atoms with van der Waals surface area (Å²) in [5.74, 6) is 1.15. The summed E-state index contributed by atoms with van der Waals surface area (Å²) in [5.41, 5.74) is 0. The smallest absolute Gasteiger partial charge is 0.139 e. The fraction of sp³-hybridized carbons (Fsp3) is 0.917. The molecule has 3 nitrogen and oxygen atoms in total. The highest BCUT2D eigenvalue weighted by atomic mass is 16.5. The molecule has 0 aromatic carbocycles. The lowest BCUT2D eigenvalue weighted by Gasteiger charge is -2.15. The molecule has 0 spiro atoms. The zero-order valence-corrected chi connectivity index (χ0v) is 10.1. The van der Waals surface area contributed by atoms with Crippen LogP contribution in [0.3, 0.4) is 0 Å². The fourth-order valence-electron chi connectivity index (χ4n) is 2.03. The number of hydrogen-bond donors (Lipinski definition) is 1. The van der Waals surface area contributed by atoms with E-state index in [1.54, 1.807) is 0 Å². The van der Waals surface area contributed by atoms with Gasteiger partial charge in [-0.3, -0.25) is 4.79 Å². The predicted octanol–water partition coefficient (Wildman–Crippen LogP) is 1.62. The van der Waals surface area contributed by atoms with E-state index in [0.717, 1.165) is 12.8 Å². The van der Waals surface area contributed by atoms with Gasteiger partial charge in [0.15, 0.2) is 0 Å². The van der Waals surface area contributed by atoms with Gasteiger partial charge in [-0.05, 0) is 19.4 Å². The Morgan fingerprint density at radius 1 is 1.47 bits per heavy atom. The third kappa shape index (κ3) is 3.92. The summed E-state index contributed by atoms with van der Waals surface area (Å²) < 4.78 is 5.33. The minimum atomic E-state index is 0.0853. The van der Waals surface area contributed by atoms with Gasteiger partial charge < -0.3 is 10.1 Å². The average molecular weight is 213 g/mol. The second-order valence-corrected chi connectivity index (χ2v) is 4.79. The van der Waals surface area contributed by atoms with E-state index in [-0.39, 0.29) is 12.0 Å². The van der Waals surface area contributed by atoms with Gasteiger partial charge in [-0.25, -0.2) is 0 Å². The quantitative estimate of drug-likeness (QED) is 0.728. The summed E-state index contributed by atoms with van der Waals surface area (Å²) in [6.07, 6.45) is 2.87. The second-order valence-electron chi connectivity index (χ2n) is 4.79. The maximum absolute atomic E-state index is 11.9. The van der Waals surface area contributed by atoms with Gasteiger partial charge >= 0.3 is 0 Å². The Balaban J connectivity index is 2.27. The third-order valence-corrected chi connectivity index (χ3v) is 3.07. The van der Waals surface area contributed by atoms with Crippen LogP contribution in [0.1, 0.15) is 33.1 Å². The Labute approximate surface area is 92.6 Å². The molecule has 88 valence electrons. The number of carbonyl (C=O) groups excluding carboxylic acids is 1. The molecule has 1 saturated heterocycles.